The number of imidazole rings is 1. The van der Waals surface area contributed by atoms with E-state index in [0.29, 0.717) is 23.2 Å². The van der Waals surface area contributed by atoms with Crippen LogP contribution in [0.4, 0.5) is 0 Å². The number of amides is 1. The van der Waals surface area contributed by atoms with E-state index >= 15 is 0 Å². The van der Waals surface area contributed by atoms with Crippen molar-refractivity contribution in [1.82, 2.24) is 20.3 Å². The Bertz CT molecular complexity index is 873. The van der Waals surface area contributed by atoms with Gasteiger partial charge in [0.1, 0.15) is 12.1 Å². The Hall–Kier alpha value is -3.29. The number of H-pyrrole nitrogens is 1. The second kappa shape index (κ2) is 7.73. The van der Waals surface area contributed by atoms with Crippen molar-refractivity contribution in [2.24, 2.45) is 0 Å². The molecule has 1 aromatic carbocycles. The standard InChI is InChI=1S/C18H20N4O4/c1-11-4-5-14(15(8-11)24-3)25-10-16-22-13(9-26-16)18(23)21-12(2)17-19-6-7-20-17/h4-9,12H,10H2,1-3H3,(H,19,20)(H,21,23)/t12-/m1/s1. The van der Waals surface area contributed by atoms with Crippen LogP contribution in [0.15, 0.2) is 41.3 Å². The number of oxazole rings is 1. The van der Waals surface area contributed by atoms with E-state index in [1.54, 1.807) is 19.5 Å². The van der Waals surface area contributed by atoms with Gasteiger partial charge in [-0.15, -0.1) is 0 Å². The van der Waals surface area contributed by atoms with E-state index in [4.69, 9.17) is 13.9 Å². The number of carbonyl (C=O) groups excluding carboxylic acids is 1. The van der Waals surface area contributed by atoms with E-state index in [1.807, 2.05) is 32.0 Å². The van der Waals surface area contributed by atoms with Crippen LogP contribution in [0, 0.1) is 6.92 Å². The van der Waals surface area contributed by atoms with Crippen molar-refractivity contribution < 1.29 is 18.7 Å². The SMILES string of the molecule is COc1cc(C)ccc1OCc1nc(C(=O)N[C@H](C)c2ncc[nH]2)co1. The Balaban J connectivity index is 1.60. The van der Waals surface area contributed by atoms with Gasteiger partial charge in [-0.05, 0) is 31.5 Å². The van der Waals surface area contributed by atoms with Crippen molar-refractivity contribution in [2.45, 2.75) is 26.5 Å². The molecule has 136 valence electrons. The number of hydrogen-bond acceptors (Lipinski definition) is 6. The van der Waals surface area contributed by atoms with Gasteiger partial charge in [-0.1, -0.05) is 6.07 Å². The maximum absolute atomic E-state index is 12.2. The van der Waals surface area contributed by atoms with Gasteiger partial charge < -0.3 is 24.2 Å². The van der Waals surface area contributed by atoms with Crippen LogP contribution in [0.2, 0.25) is 0 Å². The average Bonchev–Trinajstić information content (AvgIpc) is 3.32. The number of ether oxygens (including phenoxy) is 2. The minimum Gasteiger partial charge on any atom is -0.493 e. The molecule has 0 radical (unpaired) electrons. The molecule has 1 atom stereocenters. The summed E-state index contributed by atoms with van der Waals surface area (Å²) in [5.41, 5.74) is 1.24. The minimum absolute atomic E-state index is 0.0838. The Morgan fingerprint density at radius 3 is 2.96 bits per heavy atom. The van der Waals surface area contributed by atoms with Crippen LogP contribution in [0.25, 0.3) is 0 Å². The molecule has 0 fully saturated rings. The van der Waals surface area contributed by atoms with Gasteiger partial charge in [0, 0.05) is 12.4 Å². The Kier molecular flexibility index (Phi) is 5.21. The Morgan fingerprint density at radius 2 is 2.23 bits per heavy atom. The van der Waals surface area contributed by atoms with Gasteiger partial charge in [0.05, 0.1) is 13.2 Å². The highest BCUT2D eigenvalue weighted by molar-refractivity contribution is 5.92. The Morgan fingerprint density at radius 1 is 1.38 bits per heavy atom. The van der Waals surface area contributed by atoms with Crippen molar-refractivity contribution in [2.75, 3.05) is 7.11 Å². The number of methoxy groups -OCH3 is 1. The lowest BCUT2D eigenvalue weighted by Crippen LogP contribution is -2.27. The number of aromatic amines is 1. The zero-order chi connectivity index (χ0) is 18.5. The highest BCUT2D eigenvalue weighted by atomic mass is 16.5. The number of aryl methyl sites for hydroxylation is 1. The molecule has 3 aromatic rings. The van der Waals surface area contributed by atoms with Crippen LogP contribution in [0.1, 0.15) is 40.7 Å². The molecule has 0 spiro atoms. The van der Waals surface area contributed by atoms with Crippen LogP contribution in [-0.4, -0.2) is 28.0 Å². The first kappa shape index (κ1) is 17.5. The van der Waals surface area contributed by atoms with Crippen molar-refractivity contribution in [3.05, 3.63) is 59.8 Å². The first-order valence-corrected chi connectivity index (χ1v) is 8.09. The van der Waals surface area contributed by atoms with Gasteiger partial charge in [-0.2, -0.15) is 0 Å². The van der Waals surface area contributed by atoms with Crippen molar-refractivity contribution in [3.63, 3.8) is 0 Å². The normalized spacial score (nSPS) is 11.8. The molecule has 2 heterocycles. The Labute approximate surface area is 150 Å². The zero-order valence-corrected chi connectivity index (χ0v) is 14.8. The molecule has 26 heavy (non-hydrogen) atoms. The number of aromatic nitrogens is 3. The summed E-state index contributed by atoms with van der Waals surface area (Å²) in [6.07, 6.45) is 4.63. The van der Waals surface area contributed by atoms with Gasteiger partial charge in [0.25, 0.3) is 5.91 Å². The summed E-state index contributed by atoms with van der Waals surface area (Å²) < 4.78 is 16.3. The molecule has 8 nitrogen and oxygen atoms in total. The molecule has 0 unspecified atom stereocenters. The average molecular weight is 356 g/mol. The molecular formula is C18H20N4O4. The van der Waals surface area contributed by atoms with Gasteiger partial charge in [-0.25, -0.2) is 9.97 Å². The molecule has 8 heteroatoms. The lowest BCUT2D eigenvalue weighted by molar-refractivity contribution is 0.0933. The number of hydrogen-bond donors (Lipinski definition) is 2. The molecule has 2 aromatic heterocycles. The van der Waals surface area contributed by atoms with Gasteiger partial charge in [-0.3, -0.25) is 4.79 Å². The van der Waals surface area contributed by atoms with Gasteiger partial charge in [0.2, 0.25) is 5.89 Å². The first-order valence-electron chi connectivity index (χ1n) is 8.09. The number of carbonyl (C=O) groups is 1. The fourth-order valence-corrected chi connectivity index (χ4v) is 2.37. The largest absolute Gasteiger partial charge is 0.493 e. The molecule has 0 saturated heterocycles. The molecule has 0 saturated carbocycles. The number of rotatable bonds is 7. The lowest BCUT2D eigenvalue weighted by Gasteiger charge is -2.10. The molecule has 0 aliphatic rings. The van der Waals surface area contributed by atoms with Crippen LogP contribution in [0.5, 0.6) is 11.5 Å². The lowest BCUT2D eigenvalue weighted by atomic mass is 10.2. The summed E-state index contributed by atoms with van der Waals surface area (Å²) in [4.78, 5) is 23.5. The van der Waals surface area contributed by atoms with E-state index in [-0.39, 0.29) is 24.2 Å². The molecule has 0 bridgehead atoms. The molecule has 0 aliphatic heterocycles. The van der Waals surface area contributed by atoms with Crippen LogP contribution in [0.3, 0.4) is 0 Å². The molecule has 0 aliphatic carbocycles. The van der Waals surface area contributed by atoms with E-state index in [1.165, 1.54) is 6.26 Å². The van der Waals surface area contributed by atoms with E-state index in [2.05, 4.69) is 20.3 Å². The first-order chi connectivity index (χ1) is 12.6. The third-order valence-corrected chi connectivity index (χ3v) is 3.73. The molecular weight excluding hydrogens is 336 g/mol. The van der Waals surface area contributed by atoms with Crippen molar-refractivity contribution in [1.29, 1.82) is 0 Å². The summed E-state index contributed by atoms with van der Waals surface area (Å²) in [5.74, 6) is 1.81. The zero-order valence-electron chi connectivity index (χ0n) is 14.8. The predicted molar refractivity (Wildman–Crippen MR) is 93.0 cm³/mol. The highest BCUT2D eigenvalue weighted by Crippen LogP contribution is 2.28. The van der Waals surface area contributed by atoms with E-state index in [0.717, 1.165) is 5.56 Å². The van der Waals surface area contributed by atoms with Gasteiger partial charge in [0.15, 0.2) is 23.8 Å². The third-order valence-electron chi connectivity index (χ3n) is 3.73. The summed E-state index contributed by atoms with van der Waals surface area (Å²) in [6.45, 7) is 3.87. The predicted octanol–water partition coefficient (Wildman–Crippen LogP) is 2.78. The second-order valence-electron chi connectivity index (χ2n) is 5.74. The molecule has 3 rings (SSSR count). The topological polar surface area (TPSA) is 102 Å². The number of nitrogens with one attached hydrogen (secondary N) is 2. The summed E-state index contributed by atoms with van der Waals surface area (Å²) in [6, 6.07) is 5.34. The molecule has 2 N–H and O–H groups in total. The maximum atomic E-state index is 12.2. The van der Waals surface area contributed by atoms with Crippen LogP contribution < -0.4 is 14.8 Å². The third kappa shape index (κ3) is 4.02. The van der Waals surface area contributed by atoms with Crippen molar-refractivity contribution >= 4 is 5.91 Å². The van der Waals surface area contributed by atoms with E-state index < -0.39 is 0 Å². The quantitative estimate of drug-likeness (QED) is 0.675. The monoisotopic (exact) mass is 356 g/mol. The van der Waals surface area contributed by atoms with Crippen molar-refractivity contribution in [3.8, 4) is 11.5 Å². The highest BCUT2D eigenvalue weighted by Gasteiger charge is 2.17. The summed E-state index contributed by atoms with van der Waals surface area (Å²) in [5, 5.41) is 2.79. The number of nitrogens with zero attached hydrogens (tertiary/aromatic N) is 2. The number of benzene rings is 1. The maximum Gasteiger partial charge on any atom is 0.273 e. The second-order valence-corrected chi connectivity index (χ2v) is 5.74. The smallest absolute Gasteiger partial charge is 0.273 e. The fraction of sp³-hybridized carbons (Fsp3) is 0.278. The fourth-order valence-electron chi connectivity index (χ4n) is 2.37. The van der Waals surface area contributed by atoms with Crippen LogP contribution >= 0.6 is 0 Å². The molecule has 1 amide bonds. The van der Waals surface area contributed by atoms with Crippen LogP contribution in [-0.2, 0) is 6.61 Å². The minimum atomic E-state index is -0.350. The summed E-state index contributed by atoms with van der Waals surface area (Å²) >= 11 is 0. The van der Waals surface area contributed by atoms with Gasteiger partial charge >= 0.3 is 0 Å². The summed E-state index contributed by atoms with van der Waals surface area (Å²) in [7, 11) is 1.58. The van der Waals surface area contributed by atoms with E-state index in [9.17, 15) is 4.79 Å².